The second kappa shape index (κ2) is 7.62. The third-order valence-electron chi connectivity index (χ3n) is 3.20. The fourth-order valence-corrected chi connectivity index (χ4v) is 3.42. The summed E-state index contributed by atoms with van der Waals surface area (Å²) in [6.45, 7) is 3.34. The summed E-state index contributed by atoms with van der Waals surface area (Å²) >= 11 is 0. The van der Waals surface area contributed by atoms with Crippen molar-refractivity contribution in [1.29, 1.82) is 0 Å². The van der Waals surface area contributed by atoms with Crippen LogP contribution in [0.1, 0.15) is 24.8 Å². The highest BCUT2D eigenvalue weighted by Crippen LogP contribution is 2.18. The van der Waals surface area contributed by atoms with Crippen molar-refractivity contribution in [3.05, 3.63) is 35.9 Å². The lowest BCUT2D eigenvalue weighted by atomic mass is 10.0. The Bertz CT molecular complexity index is 460. The van der Waals surface area contributed by atoms with Gasteiger partial charge >= 0.3 is 0 Å². The van der Waals surface area contributed by atoms with E-state index in [2.05, 4.69) is 5.32 Å². The molecule has 0 spiro atoms. The number of rotatable bonds is 8. The van der Waals surface area contributed by atoms with Gasteiger partial charge in [0.05, 0.1) is 5.75 Å². The zero-order valence-electron chi connectivity index (χ0n) is 12.0. The van der Waals surface area contributed by atoms with Crippen molar-refractivity contribution in [1.82, 2.24) is 9.62 Å². The average molecular weight is 284 g/mol. The van der Waals surface area contributed by atoms with Crippen LogP contribution in [-0.4, -0.2) is 45.7 Å². The standard InChI is InChI=1S/C14H24N2O2S/c1-13(14-8-5-4-6-9-14)12-19(17,18)16(3)11-7-10-15-2/h4-6,8-9,13,15H,7,10-12H2,1-3H3. The summed E-state index contributed by atoms with van der Waals surface area (Å²) in [5.74, 6) is 0.172. The van der Waals surface area contributed by atoms with Gasteiger partial charge in [-0.25, -0.2) is 12.7 Å². The monoisotopic (exact) mass is 284 g/mol. The molecule has 1 rings (SSSR count). The van der Waals surface area contributed by atoms with E-state index in [1.165, 1.54) is 4.31 Å². The molecule has 0 aliphatic rings. The summed E-state index contributed by atoms with van der Waals surface area (Å²) in [6, 6.07) is 9.77. The second-order valence-electron chi connectivity index (χ2n) is 4.87. The Kier molecular flexibility index (Phi) is 6.48. The Morgan fingerprint density at radius 3 is 2.47 bits per heavy atom. The minimum atomic E-state index is -3.18. The Morgan fingerprint density at radius 1 is 1.26 bits per heavy atom. The van der Waals surface area contributed by atoms with Gasteiger partial charge in [0.25, 0.3) is 0 Å². The lowest BCUT2D eigenvalue weighted by Gasteiger charge is -2.20. The van der Waals surface area contributed by atoms with E-state index in [4.69, 9.17) is 0 Å². The number of benzene rings is 1. The largest absolute Gasteiger partial charge is 0.320 e. The zero-order valence-corrected chi connectivity index (χ0v) is 12.8. The normalized spacial score (nSPS) is 13.7. The molecule has 1 atom stereocenters. The number of nitrogens with one attached hydrogen (secondary N) is 1. The van der Waals surface area contributed by atoms with Crippen molar-refractivity contribution < 1.29 is 8.42 Å². The fraction of sp³-hybridized carbons (Fsp3) is 0.571. The van der Waals surface area contributed by atoms with Gasteiger partial charge in [0.15, 0.2) is 0 Å². The molecule has 0 aliphatic carbocycles. The Labute approximate surface area is 116 Å². The van der Waals surface area contributed by atoms with Crippen LogP contribution in [0, 0.1) is 0 Å². The molecule has 0 heterocycles. The van der Waals surface area contributed by atoms with E-state index in [0.29, 0.717) is 6.54 Å². The molecule has 4 nitrogen and oxygen atoms in total. The highest BCUT2D eigenvalue weighted by atomic mass is 32.2. The number of hydrogen-bond acceptors (Lipinski definition) is 3. The van der Waals surface area contributed by atoms with E-state index < -0.39 is 10.0 Å². The summed E-state index contributed by atoms with van der Waals surface area (Å²) < 4.78 is 25.9. The van der Waals surface area contributed by atoms with Crippen molar-refractivity contribution in [2.24, 2.45) is 0 Å². The molecule has 0 amide bonds. The Hall–Kier alpha value is -0.910. The molecule has 1 aromatic rings. The predicted molar refractivity (Wildman–Crippen MR) is 79.8 cm³/mol. The van der Waals surface area contributed by atoms with E-state index in [-0.39, 0.29) is 11.7 Å². The van der Waals surface area contributed by atoms with E-state index in [1.807, 2.05) is 44.3 Å². The zero-order chi connectivity index (χ0) is 14.3. The fourth-order valence-electron chi connectivity index (χ4n) is 1.94. The van der Waals surface area contributed by atoms with E-state index in [9.17, 15) is 8.42 Å². The van der Waals surface area contributed by atoms with Crippen LogP contribution in [0.5, 0.6) is 0 Å². The predicted octanol–water partition coefficient (Wildman–Crippen LogP) is 1.66. The minimum absolute atomic E-state index is 0.0120. The van der Waals surface area contributed by atoms with Gasteiger partial charge in [-0.2, -0.15) is 0 Å². The maximum Gasteiger partial charge on any atom is 0.214 e. The summed E-state index contributed by atoms with van der Waals surface area (Å²) in [5.41, 5.74) is 1.06. The third kappa shape index (κ3) is 5.30. The molecule has 0 radical (unpaired) electrons. The smallest absolute Gasteiger partial charge is 0.214 e. The van der Waals surface area contributed by atoms with Gasteiger partial charge in [0.1, 0.15) is 0 Å². The molecule has 0 saturated heterocycles. The molecule has 1 aromatic carbocycles. The van der Waals surface area contributed by atoms with Gasteiger partial charge in [-0.1, -0.05) is 37.3 Å². The van der Waals surface area contributed by atoms with Crippen LogP contribution >= 0.6 is 0 Å². The molecule has 0 aromatic heterocycles. The van der Waals surface area contributed by atoms with E-state index >= 15 is 0 Å². The first-order valence-electron chi connectivity index (χ1n) is 6.61. The third-order valence-corrected chi connectivity index (χ3v) is 5.26. The maximum absolute atomic E-state index is 12.2. The van der Waals surface area contributed by atoms with Gasteiger partial charge in [-0.05, 0) is 31.5 Å². The number of nitrogens with zero attached hydrogens (tertiary/aromatic N) is 1. The molecular weight excluding hydrogens is 260 g/mol. The van der Waals surface area contributed by atoms with Crippen molar-refractivity contribution in [3.8, 4) is 0 Å². The summed E-state index contributed by atoms with van der Waals surface area (Å²) in [4.78, 5) is 0. The lowest BCUT2D eigenvalue weighted by Crippen LogP contribution is -2.33. The van der Waals surface area contributed by atoms with Crippen LogP contribution in [0.15, 0.2) is 30.3 Å². The molecule has 0 bridgehead atoms. The van der Waals surface area contributed by atoms with Gasteiger partial charge in [0, 0.05) is 13.6 Å². The number of sulfonamides is 1. The van der Waals surface area contributed by atoms with Crippen molar-refractivity contribution in [3.63, 3.8) is 0 Å². The van der Waals surface area contributed by atoms with Crippen molar-refractivity contribution >= 4 is 10.0 Å². The summed E-state index contributed by atoms with van der Waals surface area (Å²) in [6.07, 6.45) is 0.825. The van der Waals surface area contributed by atoms with Crippen molar-refractivity contribution in [2.75, 3.05) is 32.9 Å². The molecule has 0 saturated carbocycles. The van der Waals surface area contributed by atoms with Crippen LogP contribution in [0.25, 0.3) is 0 Å². The molecule has 0 aliphatic heterocycles. The van der Waals surface area contributed by atoms with Crippen LogP contribution in [-0.2, 0) is 10.0 Å². The second-order valence-corrected chi connectivity index (χ2v) is 6.99. The Morgan fingerprint density at radius 2 is 1.89 bits per heavy atom. The van der Waals surface area contributed by atoms with Crippen LogP contribution < -0.4 is 5.32 Å². The van der Waals surface area contributed by atoms with Gasteiger partial charge in [-0.3, -0.25) is 0 Å². The highest BCUT2D eigenvalue weighted by Gasteiger charge is 2.21. The summed E-state index contributed by atoms with van der Waals surface area (Å²) in [5, 5.41) is 3.02. The highest BCUT2D eigenvalue weighted by molar-refractivity contribution is 7.89. The quantitative estimate of drug-likeness (QED) is 0.739. The molecule has 5 heteroatoms. The Balaban J connectivity index is 2.59. The maximum atomic E-state index is 12.2. The van der Waals surface area contributed by atoms with Gasteiger partial charge < -0.3 is 5.32 Å². The summed E-state index contributed by atoms with van der Waals surface area (Å²) in [7, 11) is 0.340. The first-order valence-corrected chi connectivity index (χ1v) is 8.22. The lowest BCUT2D eigenvalue weighted by molar-refractivity contribution is 0.455. The molecular formula is C14H24N2O2S. The topological polar surface area (TPSA) is 49.4 Å². The van der Waals surface area contributed by atoms with Crippen LogP contribution in [0.4, 0.5) is 0 Å². The van der Waals surface area contributed by atoms with E-state index in [1.54, 1.807) is 7.05 Å². The molecule has 108 valence electrons. The molecule has 1 unspecified atom stereocenters. The van der Waals surface area contributed by atoms with Crippen LogP contribution in [0.2, 0.25) is 0 Å². The van der Waals surface area contributed by atoms with E-state index in [0.717, 1.165) is 18.5 Å². The first kappa shape index (κ1) is 16.1. The molecule has 1 N–H and O–H groups in total. The average Bonchev–Trinajstić information content (AvgIpc) is 2.39. The van der Waals surface area contributed by atoms with Crippen LogP contribution in [0.3, 0.4) is 0 Å². The first-order chi connectivity index (χ1) is 8.97. The number of hydrogen-bond donors (Lipinski definition) is 1. The molecule has 0 fully saturated rings. The molecule has 19 heavy (non-hydrogen) atoms. The van der Waals surface area contributed by atoms with Crippen molar-refractivity contribution in [2.45, 2.75) is 19.3 Å². The minimum Gasteiger partial charge on any atom is -0.320 e. The van der Waals surface area contributed by atoms with Gasteiger partial charge in [-0.15, -0.1) is 0 Å². The van der Waals surface area contributed by atoms with Gasteiger partial charge in [0.2, 0.25) is 10.0 Å². The SMILES string of the molecule is CNCCCN(C)S(=O)(=O)CC(C)c1ccccc1.